The average molecular weight is 363 g/mol. The zero-order valence-corrected chi connectivity index (χ0v) is 18.4. The summed E-state index contributed by atoms with van der Waals surface area (Å²) in [6.07, 6.45) is 13.5. The van der Waals surface area contributed by atoms with E-state index in [1.807, 2.05) is 0 Å². The predicted octanol–water partition coefficient (Wildman–Crippen LogP) is 4.86. The van der Waals surface area contributed by atoms with Crippen molar-refractivity contribution in [2.45, 2.75) is 77.2 Å². The molecule has 5 heteroatoms. The Morgan fingerprint density at radius 2 is 1.04 bits per heavy atom. The molecule has 0 atom stereocenters. The fraction of sp³-hybridized carbons (Fsp3) is 1.00. The second kappa shape index (κ2) is 14.2. The zero-order valence-electron chi connectivity index (χ0n) is 17.4. The van der Waals surface area contributed by atoms with Crippen molar-refractivity contribution < 1.29 is 17.8 Å². The molecule has 0 aliphatic carbocycles. The van der Waals surface area contributed by atoms with Crippen LogP contribution in [0.5, 0.6) is 0 Å². The van der Waals surface area contributed by atoms with Crippen molar-refractivity contribution in [2.75, 3.05) is 48.5 Å². The third kappa shape index (κ3) is 11.6. The molecule has 0 rings (SSSR count). The van der Waals surface area contributed by atoms with E-state index in [1.165, 1.54) is 70.9 Å². The molecule has 0 radical (unpaired) electrons. The molecule has 0 fully saturated rings. The van der Waals surface area contributed by atoms with Gasteiger partial charge in [0, 0.05) is 27.4 Å². The first-order chi connectivity index (χ1) is 11.4. The largest absolute Gasteiger partial charge is 0.500 e. The summed E-state index contributed by atoms with van der Waals surface area (Å²) in [5.41, 5.74) is 0. The molecule has 0 saturated carbocycles. The van der Waals surface area contributed by atoms with Gasteiger partial charge in [-0.3, -0.25) is 0 Å². The highest BCUT2D eigenvalue weighted by Gasteiger charge is 2.37. The van der Waals surface area contributed by atoms with Crippen molar-refractivity contribution >= 4 is 8.80 Å². The molecule has 24 heavy (non-hydrogen) atoms. The summed E-state index contributed by atoms with van der Waals surface area (Å²) in [4.78, 5) is 0. The van der Waals surface area contributed by atoms with E-state index in [-0.39, 0.29) is 0 Å². The van der Waals surface area contributed by atoms with Gasteiger partial charge in [-0.15, -0.1) is 0 Å². The van der Waals surface area contributed by atoms with E-state index >= 15 is 0 Å². The molecule has 0 spiro atoms. The Balaban J connectivity index is 3.71. The monoisotopic (exact) mass is 362 g/mol. The number of unbranched alkanes of at least 4 members (excludes halogenated alkanes) is 8. The van der Waals surface area contributed by atoms with Crippen molar-refractivity contribution in [3.05, 3.63) is 0 Å². The molecule has 0 unspecified atom stereocenters. The molecule has 4 nitrogen and oxygen atoms in total. The van der Waals surface area contributed by atoms with Crippen molar-refractivity contribution in [1.82, 2.24) is 0 Å². The van der Waals surface area contributed by atoms with E-state index in [0.29, 0.717) is 0 Å². The lowest BCUT2D eigenvalue weighted by Crippen LogP contribution is -2.43. The molecule has 0 heterocycles. The minimum Gasteiger partial charge on any atom is -0.377 e. The maximum atomic E-state index is 5.48. The number of hydrogen-bond acceptors (Lipinski definition) is 3. The van der Waals surface area contributed by atoms with E-state index in [4.69, 9.17) is 13.3 Å². The quantitative estimate of drug-likeness (QED) is 0.210. The Hall–Kier alpha value is 0.0569. The average Bonchev–Trinajstić information content (AvgIpc) is 2.58. The number of rotatable bonds is 17. The third-order valence-corrected chi connectivity index (χ3v) is 7.88. The Bertz CT molecular complexity index is 276. The summed E-state index contributed by atoms with van der Waals surface area (Å²) in [5.74, 6) is 0. The van der Waals surface area contributed by atoms with Gasteiger partial charge in [-0.05, 0) is 25.7 Å². The van der Waals surface area contributed by atoms with Gasteiger partial charge in [-0.1, -0.05) is 45.4 Å². The van der Waals surface area contributed by atoms with Crippen molar-refractivity contribution in [2.24, 2.45) is 0 Å². The van der Waals surface area contributed by atoms with Gasteiger partial charge in [-0.2, -0.15) is 0 Å². The van der Waals surface area contributed by atoms with E-state index in [1.54, 1.807) is 21.3 Å². The molecule has 0 saturated heterocycles. The summed E-state index contributed by atoms with van der Waals surface area (Å²) in [6.45, 7) is 4.79. The van der Waals surface area contributed by atoms with E-state index in [9.17, 15) is 0 Å². The molecule has 0 aliphatic heterocycles. The zero-order chi connectivity index (χ0) is 18.3. The first kappa shape index (κ1) is 24.1. The highest BCUT2D eigenvalue weighted by molar-refractivity contribution is 6.60. The van der Waals surface area contributed by atoms with Crippen LogP contribution in [0.3, 0.4) is 0 Å². The molecule has 0 aromatic carbocycles. The van der Waals surface area contributed by atoms with Gasteiger partial charge < -0.3 is 17.8 Å². The van der Waals surface area contributed by atoms with Gasteiger partial charge in [0.25, 0.3) is 0 Å². The molecular formula is C19H44NO3Si+. The lowest BCUT2D eigenvalue weighted by molar-refractivity contribution is -0.890. The van der Waals surface area contributed by atoms with Crippen LogP contribution in [0, 0.1) is 0 Å². The summed E-state index contributed by atoms with van der Waals surface area (Å²) in [7, 11) is 7.43. The smallest absolute Gasteiger partial charge is 0.377 e. The standard InChI is InChI=1S/C19H44NO3Si/c1-7-8-9-10-11-12-13-14-17-20(2,3)18-15-16-19-24(21-4,22-5)23-6/h7-19H2,1-6H3/q+1. The van der Waals surface area contributed by atoms with Crippen LogP contribution in [0.25, 0.3) is 0 Å². The van der Waals surface area contributed by atoms with Crippen LogP contribution in [0.1, 0.15) is 71.1 Å². The molecule has 0 amide bonds. The van der Waals surface area contributed by atoms with Crippen LogP contribution in [0.4, 0.5) is 0 Å². The van der Waals surface area contributed by atoms with Crippen LogP contribution in [0.2, 0.25) is 6.04 Å². The molecule has 0 aliphatic rings. The predicted molar refractivity (Wildman–Crippen MR) is 105 cm³/mol. The maximum Gasteiger partial charge on any atom is 0.500 e. The normalized spacial score (nSPS) is 12.8. The Morgan fingerprint density at radius 3 is 1.50 bits per heavy atom. The second-order valence-electron chi connectivity index (χ2n) is 7.61. The van der Waals surface area contributed by atoms with Gasteiger partial charge in [0.15, 0.2) is 0 Å². The van der Waals surface area contributed by atoms with Gasteiger partial charge >= 0.3 is 8.80 Å². The van der Waals surface area contributed by atoms with E-state index in [2.05, 4.69) is 21.0 Å². The van der Waals surface area contributed by atoms with E-state index < -0.39 is 8.80 Å². The van der Waals surface area contributed by atoms with Crippen molar-refractivity contribution in [3.63, 3.8) is 0 Å². The van der Waals surface area contributed by atoms with Crippen LogP contribution in [-0.4, -0.2) is 61.8 Å². The van der Waals surface area contributed by atoms with Crippen molar-refractivity contribution in [1.29, 1.82) is 0 Å². The molecule has 0 aromatic rings. The van der Waals surface area contributed by atoms with Crippen LogP contribution >= 0.6 is 0 Å². The minimum absolute atomic E-state index is 0.911. The first-order valence-corrected chi connectivity index (χ1v) is 11.9. The maximum absolute atomic E-state index is 5.48. The lowest BCUT2D eigenvalue weighted by atomic mass is 10.1. The van der Waals surface area contributed by atoms with E-state index in [0.717, 1.165) is 16.9 Å². The van der Waals surface area contributed by atoms with Crippen LogP contribution in [-0.2, 0) is 13.3 Å². The highest BCUT2D eigenvalue weighted by Crippen LogP contribution is 2.17. The molecular weight excluding hydrogens is 318 g/mol. The highest BCUT2D eigenvalue weighted by atomic mass is 28.4. The fourth-order valence-electron chi connectivity index (χ4n) is 3.22. The summed E-state index contributed by atoms with van der Waals surface area (Å²) in [5, 5.41) is 0. The van der Waals surface area contributed by atoms with Crippen LogP contribution in [0.15, 0.2) is 0 Å². The van der Waals surface area contributed by atoms with Gasteiger partial charge in [0.1, 0.15) is 0 Å². The number of quaternary nitrogens is 1. The Labute approximate surface area is 152 Å². The Kier molecular flexibility index (Phi) is 14.3. The lowest BCUT2D eigenvalue weighted by Gasteiger charge is -2.30. The molecule has 0 N–H and O–H groups in total. The fourth-order valence-corrected chi connectivity index (χ4v) is 5.02. The summed E-state index contributed by atoms with van der Waals surface area (Å²) < 4.78 is 17.6. The number of nitrogens with zero attached hydrogens (tertiary/aromatic N) is 1. The topological polar surface area (TPSA) is 27.7 Å². The van der Waals surface area contributed by atoms with Crippen molar-refractivity contribution in [3.8, 4) is 0 Å². The SMILES string of the molecule is CCCCCCCCCC[N+](C)(C)CCCC[Si](OC)(OC)OC. The summed E-state index contributed by atoms with van der Waals surface area (Å²) in [6, 6.07) is 0.911. The van der Waals surface area contributed by atoms with Gasteiger partial charge in [0.2, 0.25) is 0 Å². The molecule has 0 bridgehead atoms. The van der Waals surface area contributed by atoms with Gasteiger partial charge in [-0.25, -0.2) is 0 Å². The van der Waals surface area contributed by atoms with Crippen LogP contribution < -0.4 is 0 Å². The Morgan fingerprint density at radius 1 is 0.625 bits per heavy atom. The minimum atomic E-state index is -2.37. The van der Waals surface area contributed by atoms with Gasteiger partial charge in [0.05, 0.1) is 27.2 Å². The second-order valence-corrected chi connectivity index (χ2v) is 10.7. The first-order valence-electron chi connectivity index (χ1n) is 9.92. The summed E-state index contributed by atoms with van der Waals surface area (Å²) >= 11 is 0. The number of hydrogen-bond donors (Lipinski definition) is 0. The molecule has 146 valence electrons. The molecule has 0 aromatic heterocycles. The third-order valence-electron chi connectivity index (χ3n) is 5.05.